The summed E-state index contributed by atoms with van der Waals surface area (Å²) >= 11 is 0. The zero-order valence-corrected chi connectivity index (χ0v) is 27.6. The molecule has 4 bridgehead atoms. The highest BCUT2D eigenvalue weighted by atomic mass is 28.3. The zero-order chi connectivity index (χ0) is 32.0. The number of nitrogens with one attached hydrogen (secondary N) is 1. The summed E-state index contributed by atoms with van der Waals surface area (Å²) in [6.45, 7) is 9.21. The summed E-state index contributed by atoms with van der Waals surface area (Å²) in [6, 6.07) is 16.8. The molecule has 2 aromatic carbocycles. The van der Waals surface area contributed by atoms with Crippen LogP contribution in [0.2, 0.25) is 25.7 Å². The molecule has 0 aliphatic carbocycles. The lowest BCUT2D eigenvalue weighted by Crippen LogP contribution is -2.52. The lowest BCUT2D eigenvalue weighted by molar-refractivity contribution is -0.153. The smallest absolute Gasteiger partial charge is 0.408 e. The first kappa shape index (κ1) is 32.2. The van der Waals surface area contributed by atoms with E-state index in [2.05, 4.69) is 25.0 Å². The zero-order valence-electron chi connectivity index (χ0n) is 26.6. The summed E-state index contributed by atoms with van der Waals surface area (Å²) in [4.78, 5) is 46.7. The molecule has 0 spiro atoms. The topological polar surface area (TPSA) is 107 Å². The Morgan fingerprint density at radius 1 is 1.11 bits per heavy atom. The van der Waals surface area contributed by atoms with Crippen LogP contribution < -0.4 is 10.1 Å². The van der Waals surface area contributed by atoms with Crippen molar-refractivity contribution in [2.24, 2.45) is 0 Å². The Kier molecular flexibility index (Phi) is 10.2. The summed E-state index contributed by atoms with van der Waals surface area (Å²) in [6.07, 6.45) is 4.73. The first-order valence-corrected chi connectivity index (χ1v) is 19.6. The van der Waals surface area contributed by atoms with Crippen LogP contribution in [-0.4, -0.2) is 73.9 Å². The Bertz CT molecular complexity index is 1550. The number of benzene rings is 2. The largest absolute Gasteiger partial charge is 0.488 e. The lowest BCUT2D eigenvalue weighted by Gasteiger charge is -2.28. The molecular weight excluding hydrogens is 586 g/mol. The van der Waals surface area contributed by atoms with Gasteiger partial charge in [-0.2, -0.15) is 0 Å². The molecular formula is C35H43N3O6Si. The monoisotopic (exact) mass is 629 g/mol. The molecule has 5 rings (SSSR count). The summed E-state index contributed by atoms with van der Waals surface area (Å²) in [5.74, 6) is -0.162. The molecule has 1 N–H and O–H groups in total. The second kappa shape index (κ2) is 14.3. The Morgan fingerprint density at radius 2 is 1.91 bits per heavy atom. The van der Waals surface area contributed by atoms with Crippen LogP contribution in [0.25, 0.3) is 28.2 Å². The van der Waals surface area contributed by atoms with Crippen molar-refractivity contribution in [3.05, 3.63) is 66.2 Å². The number of amides is 2. The number of carbonyl (C=O) groups excluding carboxylic acids is 3. The van der Waals surface area contributed by atoms with Gasteiger partial charge in [-0.15, -0.1) is 0 Å². The SMILES string of the molecule is CCCC[C@@H]1NC(=O)OC/C=C\c2ccc3nc(-c4ccccc4)cc(c3c2)O[C@@H]2C[C@@H](C(=O)OCC[Si](C)(C)C)N(C2)C1=O. The second-order valence-corrected chi connectivity index (χ2v) is 18.6. The number of pyridine rings is 1. The molecule has 1 saturated heterocycles. The minimum absolute atomic E-state index is 0.0327. The molecule has 9 nitrogen and oxygen atoms in total. The van der Waals surface area contributed by atoms with Gasteiger partial charge >= 0.3 is 12.1 Å². The van der Waals surface area contributed by atoms with E-state index in [1.807, 2.05) is 67.6 Å². The molecule has 2 aliphatic heterocycles. The van der Waals surface area contributed by atoms with Crippen LogP contribution in [0.3, 0.4) is 0 Å². The van der Waals surface area contributed by atoms with Crippen molar-refractivity contribution in [2.75, 3.05) is 19.8 Å². The van der Waals surface area contributed by atoms with E-state index in [4.69, 9.17) is 19.2 Å². The number of esters is 1. The Balaban J connectivity index is 1.53. The third-order valence-electron chi connectivity index (χ3n) is 8.13. The van der Waals surface area contributed by atoms with Crippen LogP contribution in [0.4, 0.5) is 4.79 Å². The number of aromatic nitrogens is 1. The van der Waals surface area contributed by atoms with Crippen molar-refractivity contribution < 1.29 is 28.6 Å². The number of hydrogen-bond donors (Lipinski definition) is 1. The Hall–Kier alpha value is -4.18. The van der Waals surface area contributed by atoms with Crippen molar-refractivity contribution in [3.8, 4) is 17.0 Å². The predicted molar refractivity (Wildman–Crippen MR) is 178 cm³/mol. The number of alkyl carbamates (subject to hydrolysis) is 1. The van der Waals surface area contributed by atoms with E-state index in [-0.39, 0.29) is 25.5 Å². The highest BCUT2D eigenvalue weighted by molar-refractivity contribution is 6.76. The van der Waals surface area contributed by atoms with Crippen molar-refractivity contribution >= 4 is 43.0 Å². The van der Waals surface area contributed by atoms with E-state index in [9.17, 15) is 14.4 Å². The Morgan fingerprint density at radius 3 is 2.67 bits per heavy atom. The molecule has 1 aromatic heterocycles. The third kappa shape index (κ3) is 8.30. The fourth-order valence-corrected chi connectivity index (χ4v) is 6.33. The van der Waals surface area contributed by atoms with Gasteiger partial charge in [0.15, 0.2) is 0 Å². The first-order valence-electron chi connectivity index (χ1n) is 15.8. The van der Waals surface area contributed by atoms with Crippen LogP contribution in [0.5, 0.6) is 5.75 Å². The average molecular weight is 630 g/mol. The van der Waals surface area contributed by atoms with Crippen molar-refractivity contribution in [1.82, 2.24) is 15.2 Å². The summed E-state index contributed by atoms with van der Waals surface area (Å²) in [5, 5.41) is 3.56. The highest BCUT2D eigenvalue weighted by Crippen LogP contribution is 2.34. The first-order chi connectivity index (χ1) is 21.6. The summed E-state index contributed by atoms with van der Waals surface area (Å²) in [7, 11) is -1.44. The van der Waals surface area contributed by atoms with E-state index in [0.717, 1.165) is 46.6 Å². The molecule has 3 aromatic rings. The number of hydrogen-bond acceptors (Lipinski definition) is 7. The van der Waals surface area contributed by atoms with Gasteiger partial charge in [0.2, 0.25) is 5.91 Å². The number of unbranched alkanes of at least 4 members (excludes halogenated alkanes) is 1. The van der Waals surface area contributed by atoms with Crippen molar-refractivity contribution in [3.63, 3.8) is 0 Å². The van der Waals surface area contributed by atoms with Gasteiger partial charge in [0.1, 0.15) is 30.5 Å². The van der Waals surface area contributed by atoms with Gasteiger partial charge in [-0.25, -0.2) is 14.6 Å². The molecule has 0 radical (unpaired) electrons. The minimum atomic E-state index is -1.44. The maximum Gasteiger partial charge on any atom is 0.408 e. The van der Waals surface area contributed by atoms with E-state index < -0.39 is 38.3 Å². The lowest BCUT2D eigenvalue weighted by atomic mass is 10.1. The molecule has 2 aliphatic rings. The summed E-state index contributed by atoms with van der Waals surface area (Å²) < 4.78 is 17.8. The van der Waals surface area contributed by atoms with E-state index in [1.54, 1.807) is 6.08 Å². The maximum atomic E-state index is 14.0. The third-order valence-corrected chi connectivity index (χ3v) is 9.83. The number of fused-ring (bicyclic) bond motifs is 3. The van der Waals surface area contributed by atoms with Gasteiger partial charge in [-0.05, 0) is 36.2 Å². The molecule has 0 saturated carbocycles. The fourth-order valence-electron chi connectivity index (χ4n) is 5.61. The quantitative estimate of drug-likeness (QED) is 0.226. The normalized spacial score (nSPS) is 21.2. The van der Waals surface area contributed by atoms with Crippen LogP contribution in [0.1, 0.15) is 38.2 Å². The average Bonchev–Trinajstić information content (AvgIpc) is 3.44. The van der Waals surface area contributed by atoms with Crippen molar-refractivity contribution in [2.45, 2.75) is 76.5 Å². The van der Waals surface area contributed by atoms with Crippen LogP contribution >= 0.6 is 0 Å². The Labute approximate surface area is 266 Å². The highest BCUT2D eigenvalue weighted by Gasteiger charge is 2.44. The van der Waals surface area contributed by atoms with Gasteiger partial charge in [-0.1, -0.05) is 81.9 Å². The molecule has 0 unspecified atom stereocenters. The van der Waals surface area contributed by atoms with E-state index >= 15 is 0 Å². The van der Waals surface area contributed by atoms with Gasteiger partial charge in [-0.3, -0.25) is 4.79 Å². The standard InChI is InChI=1S/C35H43N3O6Si/c1-5-6-14-29-33(39)38-23-26(21-31(38)34(40)42-18-19-45(2,3)4)44-32-22-30(25-12-8-7-9-13-25)36-28-16-15-24(20-27(28)32)11-10-17-43-35(41)37-29/h7-13,15-16,20,22,26,29,31H,5-6,14,17-19,21,23H2,1-4H3,(H,37,41)/b11-10-/t26-,29+,31+/m1/s1. The van der Waals surface area contributed by atoms with E-state index in [0.29, 0.717) is 18.8 Å². The minimum Gasteiger partial charge on any atom is -0.488 e. The van der Waals surface area contributed by atoms with E-state index in [1.165, 1.54) is 4.90 Å². The van der Waals surface area contributed by atoms with Gasteiger partial charge in [0, 0.05) is 31.5 Å². The van der Waals surface area contributed by atoms with Crippen LogP contribution in [-0.2, 0) is 19.1 Å². The van der Waals surface area contributed by atoms with Gasteiger partial charge < -0.3 is 24.4 Å². The summed E-state index contributed by atoms with van der Waals surface area (Å²) in [5.41, 5.74) is 3.37. The number of ether oxygens (including phenoxy) is 3. The molecule has 3 heterocycles. The fraction of sp³-hybridized carbons (Fsp3) is 0.429. The van der Waals surface area contributed by atoms with Crippen molar-refractivity contribution in [1.29, 1.82) is 0 Å². The molecule has 2 amide bonds. The van der Waals surface area contributed by atoms with Gasteiger partial charge in [0.05, 0.1) is 24.4 Å². The number of carbonyl (C=O) groups is 3. The number of cyclic esters (lactones) is 1. The van der Waals surface area contributed by atoms with Crippen LogP contribution in [0.15, 0.2) is 60.7 Å². The molecule has 3 atom stereocenters. The molecule has 1 fully saturated rings. The number of rotatable bonds is 8. The molecule has 10 heteroatoms. The number of nitrogens with zero attached hydrogens (tertiary/aromatic N) is 2. The van der Waals surface area contributed by atoms with Crippen LogP contribution in [0, 0.1) is 0 Å². The maximum absolute atomic E-state index is 14.0. The van der Waals surface area contributed by atoms with Gasteiger partial charge in [0.25, 0.3) is 0 Å². The molecule has 45 heavy (non-hydrogen) atoms. The predicted octanol–water partition coefficient (Wildman–Crippen LogP) is 6.44. The second-order valence-electron chi connectivity index (χ2n) is 12.9. The molecule has 238 valence electrons.